The van der Waals surface area contributed by atoms with Crippen LogP contribution in [-0.2, 0) is 28.9 Å². The fourth-order valence-corrected chi connectivity index (χ4v) is 4.77. The minimum atomic E-state index is 0.0335. The lowest BCUT2D eigenvalue weighted by Crippen LogP contribution is -2.36. The zero-order valence-electron chi connectivity index (χ0n) is 15.2. The summed E-state index contributed by atoms with van der Waals surface area (Å²) in [7, 11) is 0. The minimum Gasteiger partial charge on any atom is -0.378 e. The Morgan fingerprint density at radius 3 is 2.96 bits per heavy atom. The molecule has 1 aromatic heterocycles. The van der Waals surface area contributed by atoms with Gasteiger partial charge in [-0.15, -0.1) is 11.3 Å². The molecular formula is C20H25N3O2S. The van der Waals surface area contributed by atoms with Gasteiger partial charge in [-0.1, -0.05) is 24.3 Å². The number of aryl methyl sites for hydroxylation is 2. The fraction of sp³-hybridized carbons (Fsp3) is 0.500. The molecule has 2 aromatic rings. The van der Waals surface area contributed by atoms with Gasteiger partial charge in [0.2, 0.25) is 5.91 Å². The average Bonchev–Trinajstić information content (AvgIpc) is 3.11. The maximum absolute atomic E-state index is 12.6. The maximum Gasteiger partial charge on any atom is 0.223 e. The predicted molar refractivity (Wildman–Crippen MR) is 104 cm³/mol. The molecule has 5 nitrogen and oxygen atoms in total. The van der Waals surface area contributed by atoms with Crippen LogP contribution in [-0.4, -0.2) is 37.2 Å². The predicted octanol–water partition coefficient (Wildman–Crippen LogP) is 2.71. The second kappa shape index (κ2) is 7.76. The Bertz CT molecular complexity index is 783. The number of amides is 1. The maximum atomic E-state index is 12.6. The number of ether oxygens (including phenoxy) is 1. The highest BCUT2D eigenvalue weighted by atomic mass is 32.1. The Labute approximate surface area is 158 Å². The van der Waals surface area contributed by atoms with E-state index >= 15 is 0 Å². The molecule has 2 heterocycles. The summed E-state index contributed by atoms with van der Waals surface area (Å²) in [4.78, 5) is 21.1. The van der Waals surface area contributed by atoms with Crippen LogP contribution in [0.25, 0.3) is 0 Å². The Morgan fingerprint density at radius 1 is 1.35 bits per heavy atom. The molecule has 1 aromatic carbocycles. The van der Waals surface area contributed by atoms with E-state index in [4.69, 9.17) is 9.72 Å². The van der Waals surface area contributed by atoms with Crippen LogP contribution in [0.15, 0.2) is 24.3 Å². The van der Waals surface area contributed by atoms with Crippen LogP contribution >= 0.6 is 11.3 Å². The monoisotopic (exact) mass is 371 g/mol. The molecule has 2 aliphatic rings. The Hall–Kier alpha value is -1.92. The Balaban J connectivity index is 1.37. The van der Waals surface area contributed by atoms with Crippen molar-refractivity contribution in [3.63, 3.8) is 0 Å². The molecule has 0 bridgehead atoms. The molecule has 1 unspecified atom stereocenters. The van der Waals surface area contributed by atoms with Gasteiger partial charge in [0.15, 0.2) is 5.13 Å². The van der Waals surface area contributed by atoms with E-state index in [1.54, 1.807) is 11.3 Å². The summed E-state index contributed by atoms with van der Waals surface area (Å²) in [6, 6.07) is 8.20. The van der Waals surface area contributed by atoms with Gasteiger partial charge in [-0.05, 0) is 30.9 Å². The molecule has 0 radical (unpaired) electrons. The first kappa shape index (κ1) is 17.5. The Kier molecular flexibility index (Phi) is 5.22. The van der Waals surface area contributed by atoms with Crippen molar-refractivity contribution >= 4 is 22.4 Å². The molecule has 6 heteroatoms. The van der Waals surface area contributed by atoms with Gasteiger partial charge < -0.3 is 15.0 Å². The number of anilines is 1. The van der Waals surface area contributed by atoms with Gasteiger partial charge in [-0.3, -0.25) is 4.79 Å². The van der Waals surface area contributed by atoms with Crippen LogP contribution in [0.2, 0.25) is 0 Å². The van der Waals surface area contributed by atoms with Crippen molar-refractivity contribution in [3.8, 4) is 0 Å². The number of benzene rings is 1. The van der Waals surface area contributed by atoms with E-state index in [1.165, 1.54) is 16.0 Å². The molecule has 1 atom stereocenters. The van der Waals surface area contributed by atoms with Crippen molar-refractivity contribution in [1.29, 1.82) is 0 Å². The first-order valence-electron chi connectivity index (χ1n) is 9.34. The third kappa shape index (κ3) is 3.76. The highest BCUT2D eigenvalue weighted by Crippen LogP contribution is 2.34. The summed E-state index contributed by atoms with van der Waals surface area (Å²) in [6.45, 7) is 6.05. The summed E-state index contributed by atoms with van der Waals surface area (Å²) in [5.41, 5.74) is 3.52. The van der Waals surface area contributed by atoms with Gasteiger partial charge in [-0.25, -0.2) is 4.98 Å². The topological polar surface area (TPSA) is 54.5 Å². The molecule has 1 saturated heterocycles. The third-order valence-electron chi connectivity index (χ3n) is 5.29. The molecule has 1 aliphatic heterocycles. The molecule has 1 amide bonds. The number of nitrogens with zero attached hydrogens (tertiary/aromatic N) is 2. The molecule has 1 aliphatic carbocycles. The van der Waals surface area contributed by atoms with Gasteiger partial charge in [0, 0.05) is 36.9 Å². The number of hydrogen-bond donors (Lipinski definition) is 1. The zero-order chi connectivity index (χ0) is 17.9. The third-order valence-corrected chi connectivity index (χ3v) is 6.51. The number of aromatic nitrogens is 1. The summed E-state index contributed by atoms with van der Waals surface area (Å²) in [6.07, 6.45) is 2.63. The summed E-state index contributed by atoms with van der Waals surface area (Å²) >= 11 is 1.80. The van der Waals surface area contributed by atoms with Gasteiger partial charge in [0.25, 0.3) is 0 Å². The smallest absolute Gasteiger partial charge is 0.223 e. The van der Waals surface area contributed by atoms with E-state index in [-0.39, 0.29) is 11.8 Å². The molecule has 1 fully saturated rings. The normalized spacial score (nSPS) is 19.9. The highest BCUT2D eigenvalue weighted by Gasteiger charge is 2.28. The molecule has 26 heavy (non-hydrogen) atoms. The summed E-state index contributed by atoms with van der Waals surface area (Å²) in [5, 5.41) is 4.22. The lowest BCUT2D eigenvalue weighted by atomic mass is 9.90. The zero-order valence-corrected chi connectivity index (χ0v) is 16.0. The number of carbonyl (C=O) groups is 1. The molecule has 1 N–H and O–H groups in total. The van der Waals surface area contributed by atoms with Gasteiger partial charge >= 0.3 is 0 Å². The molecule has 4 rings (SSSR count). The first-order chi connectivity index (χ1) is 12.7. The van der Waals surface area contributed by atoms with Crippen molar-refractivity contribution < 1.29 is 9.53 Å². The van der Waals surface area contributed by atoms with Crippen molar-refractivity contribution in [2.75, 3.05) is 31.2 Å². The second-order valence-corrected chi connectivity index (χ2v) is 8.11. The van der Waals surface area contributed by atoms with Crippen molar-refractivity contribution in [1.82, 2.24) is 10.3 Å². The fourth-order valence-electron chi connectivity index (χ4n) is 3.61. The Morgan fingerprint density at radius 2 is 2.15 bits per heavy atom. The number of hydrogen-bond acceptors (Lipinski definition) is 5. The van der Waals surface area contributed by atoms with Crippen LogP contribution in [0, 0.1) is 12.8 Å². The first-order valence-corrected chi connectivity index (χ1v) is 10.2. The van der Waals surface area contributed by atoms with Gasteiger partial charge in [0.1, 0.15) is 0 Å². The van der Waals surface area contributed by atoms with Crippen LogP contribution < -0.4 is 10.2 Å². The van der Waals surface area contributed by atoms with Crippen LogP contribution in [0.1, 0.15) is 28.1 Å². The molecule has 0 spiro atoms. The molecule has 0 saturated carbocycles. The van der Waals surface area contributed by atoms with Gasteiger partial charge in [-0.2, -0.15) is 0 Å². The van der Waals surface area contributed by atoms with Crippen LogP contribution in [0.4, 0.5) is 5.13 Å². The second-order valence-electron chi connectivity index (χ2n) is 7.05. The van der Waals surface area contributed by atoms with E-state index in [0.717, 1.165) is 56.4 Å². The van der Waals surface area contributed by atoms with Crippen molar-refractivity contribution in [2.45, 2.75) is 32.7 Å². The van der Waals surface area contributed by atoms with E-state index < -0.39 is 0 Å². The van der Waals surface area contributed by atoms with Crippen molar-refractivity contribution in [3.05, 3.63) is 46.0 Å². The lowest BCUT2D eigenvalue weighted by molar-refractivity contribution is -0.125. The lowest BCUT2D eigenvalue weighted by Gasteiger charge is -2.26. The van der Waals surface area contributed by atoms with Gasteiger partial charge in [0.05, 0.1) is 18.9 Å². The highest BCUT2D eigenvalue weighted by molar-refractivity contribution is 7.15. The number of rotatable bonds is 4. The number of fused-ring (bicyclic) bond motifs is 1. The van der Waals surface area contributed by atoms with E-state index in [9.17, 15) is 4.79 Å². The number of morpholine rings is 1. The van der Waals surface area contributed by atoms with E-state index in [0.29, 0.717) is 6.54 Å². The quantitative estimate of drug-likeness (QED) is 0.898. The number of thiazole rings is 1. The largest absolute Gasteiger partial charge is 0.378 e. The standard InChI is InChI=1S/C20H25N3O2S/c1-14-4-2-3-5-16(14)13-21-19(24)15-6-7-18-17(12-15)22-20(26-18)23-8-10-25-11-9-23/h2-5,15H,6-13H2,1H3,(H,21,24). The van der Waals surface area contributed by atoms with E-state index in [2.05, 4.69) is 29.3 Å². The number of nitrogens with one attached hydrogen (secondary N) is 1. The number of carbonyl (C=O) groups excluding carboxylic acids is 1. The van der Waals surface area contributed by atoms with E-state index in [1.807, 2.05) is 12.1 Å². The summed E-state index contributed by atoms with van der Waals surface area (Å²) in [5.74, 6) is 0.186. The van der Waals surface area contributed by atoms with Crippen LogP contribution in [0.3, 0.4) is 0 Å². The minimum absolute atomic E-state index is 0.0335. The summed E-state index contributed by atoms with van der Waals surface area (Å²) < 4.78 is 5.43. The SMILES string of the molecule is Cc1ccccc1CNC(=O)C1CCc2sc(N3CCOCC3)nc2C1. The molecular weight excluding hydrogens is 346 g/mol. The molecule has 138 valence electrons. The average molecular weight is 372 g/mol. The van der Waals surface area contributed by atoms with Crippen LogP contribution in [0.5, 0.6) is 0 Å². The van der Waals surface area contributed by atoms with Crippen molar-refractivity contribution in [2.24, 2.45) is 5.92 Å².